The lowest BCUT2D eigenvalue weighted by Crippen LogP contribution is -2.48. The van der Waals surface area contributed by atoms with Crippen molar-refractivity contribution in [3.63, 3.8) is 0 Å². The highest BCUT2D eigenvalue weighted by atomic mass is 35.5. The third kappa shape index (κ3) is 4.05. The molecule has 0 radical (unpaired) electrons. The second-order valence-corrected chi connectivity index (χ2v) is 6.18. The Bertz CT molecular complexity index is 580. The molecule has 2 unspecified atom stereocenters. The number of nitrogens with two attached hydrogens (primary N) is 1. The van der Waals surface area contributed by atoms with Gasteiger partial charge in [-0.15, -0.1) is 0 Å². The van der Waals surface area contributed by atoms with Crippen LogP contribution in [0.15, 0.2) is 18.2 Å². The van der Waals surface area contributed by atoms with Crippen LogP contribution in [0.5, 0.6) is 5.75 Å². The number of primary amides is 1. The van der Waals surface area contributed by atoms with Crippen molar-refractivity contribution >= 4 is 35.0 Å². The molecule has 7 heteroatoms. The van der Waals surface area contributed by atoms with Gasteiger partial charge in [-0.3, -0.25) is 9.59 Å². The molecule has 1 aromatic rings. The van der Waals surface area contributed by atoms with Gasteiger partial charge in [0.25, 0.3) is 5.91 Å². The molecular weight excluding hydrogens is 327 g/mol. The van der Waals surface area contributed by atoms with Crippen molar-refractivity contribution in [3.8, 4) is 5.75 Å². The van der Waals surface area contributed by atoms with Crippen molar-refractivity contribution in [2.24, 2.45) is 11.7 Å². The molecule has 1 aliphatic rings. The van der Waals surface area contributed by atoms with Crippen LogP contribution >= 0.6 is 23.2 Å². The van der Waals surface area contributed by atoms with Gasteiger partial charge in [-0.05, 0) is 31.9 Å². The van der Waals surface area contributed by atoms with Crippen molar-refractivity contribution < 1.29 is 14.3 Å². The molecule has 1 fully saturated rings. The van der Waals surface area contributed by atoms with E-state index in [9.17, 15) is 9.59 Å². The Balaban J connectivity index is 1.99. The van der Waals surface area contributed by atoms with E-state index in [2.05, 4.69) is 0 Å². The number of nitrogens with zero attached hydrogens (tertiary/aromatic N) is 1. The minimum atomic E-state index is -0.677. The van der Waals surface area contributed by atoms with Crippen LogP contribution in [0, 0.1) is 5.92 Å². The first-order chi connectivity index (χ1) is 10.4. The predicted molar refractivity (Wildman–Crippen MR) is 85.1 cm³/mol. The van der Waals surface area contributed by atoms with Crippen LogP contribution < -0.4 is 10.5 Å². The third-order valence-electron chi connectivity index (χ3n) is 3.69. The van der Waals surface area contributed by atoms with Gasteiger partial charge in [0.1, 0.15) is 5.75 Å². The Morgan fingerprint density at radius 1 is 1.36 bits per heavy atom. The number of hydrogen-bond donors (Lipinski definition) is 1. The Morgan fingerprint density at radius 3 is 2.73 bits per heavy atom. The van der Waals surface area contributed by atoms with Crippen molar-refractivity contribution in [1.82, 2.24) is 4.90 Å². The maximum atomic E-state index is 12.4. The van der Waals surface area contributed by atoms with Gasteiger partial charge in [0.05, 0.1) is 16.0 Å². The Hall–Kier alpha value is -1.46. The summed E-state index contributed by atoms with van der Waals surface area (Å²) in [5, 5.41) is 0.791. The molecule has 5 nitrogen and oxygen atoms in total. The number of rotatable bonds is 4. The van der Waals surface area contributed by atoms with Crippen molar-refractivity contribution in [3.05, 3.63) is 28.2 Å². The summed E-state index contributed by atoms with van der Waals surface area (Å²) in [7, 11) is 0. The molecule has 22 heavy (non-hydrogen) atoms. The fourth-order valence-corrected chi connectivity index (χ4v) is 2.76. The van der Waals surface area contributed by atoms with Gasteiger partial charge in [-0.2, -0.15) is 0 Å². The molecule has 2 atom stereocenters. The molecule has 0 spiro atoms. The fourth-order valence-electron chi connectivity index (χ4n) is 2.47. The van der Waals surface area contributed by atoms with Gasteiger partial charge < -0.3 is 15.4 Å². The zero-order valence-electron chi connectivity index (χ0n) is 12.2. The normalized spacial score (nSPS) is 19.6. The van der Waals surface area contributed by atoms with Gasteiger partial charge in [-0.1, -0.05) is 23.2 Å². The van der Waals surface area contributed by atoms with Crippen LogP contribution in [-0.4, -0.2) is 35.9 Å². The van der Waals surface area contributed by atoms with E-state index in [1.54, 1.807) is 30.0 Å². The van der Waals surface area contributed by atoms with Crippen molar-refractivity contribution in [2.75, 3.05) is 13.1 Å². The molecular formula is C15H18Cl2N2O3. The summed E-state index contributed by atoms with van der Waals surface area (Å²) >= 11 is 11.8. The summed E-state index contributed by atoms with van der Waals surface area (Å²) in [5.74, 6) is -0.346. The lowest BCUT2D eigenvalue weighted by Gasteiger charge is -2.32. The van der Waals surface area contributed by atoms with Crippen LogP contribution in [0.25, 0.3) is 0 Å². The van der Waals surface area contributed by atoms with E-state index in [0.717, 1.165) is 12.8 Å². The van der Waals surface area contributed by atoms with E-state index >= 15 is 0 Å². The molecule has 0 aromatic heterocycles. The molecule has 1 saturated heterocycles. The minimum absolute atomic E-state index is 0.169. The van der Waals surface area contributed by atoms with Gasteiger partial charge in [-0.25, -0.2) is 0 Å². The van der Waals surface area contributed by atoms with Crippen molar-refractivity contribution in [2.45, 2.75) is 25.9 Å². The van der Waals surface area contributed by atoms with Gasteiger partial charge in [0.2, 0.25) is 5.91 Å². The predicted octanol–water partition coefficient (Wildman–Crippen LogP) is 2.48. The number of amides is 2. The number of benzene rings is 1. The zero-order chi connectivity index (χ0) is 16.3. The van der Waals surface area contributed by atoms with Crippen molar-refractivity contribution in [1.29, 1.82) is 0 Å². The first-order valence-corrected chi connectivity index (χ1v) is 7.84. The molecule has 0 saturated carbocycles. The van der Waals surface area contributed by atoms with E-state index in [0.29, 0.717) is 28.9 Å². The second-order valence-electron chi connectivity index (χ2n) is 5.36. The summed E-state index contributed by atoms with van der Waals surface area (Å²) in [4.78, 5) is 25.3. The van der Waals surface area contributed by atoms with E-state index < -0.39 is 6.10 Å². The molecule has 1 heterocycles. The third-order valence-corrected chi connectivity index (χ3v) is 4.43. The summed E-state index contributed by atoms with van der Waals surface area (Å²) in [5.41, 5.74) is 5.32. The van der Waals surface area contributed by atoms with Crippen LogP contribution in [0.4, 0.5) is 0 Å². The van der Waals surface area contributed by atoms with Crippen LogP contribution in [0.3, 0.4) is 0 Å². The number of halogens is 2. The van der Waals surface area contributed by atoms with E-state index in [1.807, 2.05) is 0 Å². The first kappa shape index (κ1) is 16.9. The smallest absolute Gasteiger partial charge is 0.263 e. The maximum Gasteiger partial charge on any atom is 0.263 e. The zero-order valence-corrected chi connectivity index (χ0v) is 13.7. The van der Waals surface area contributed by atoms with E-state index in [1.165, 1.54) is 0 Å². The quantitative estimate of drug-likeness (QED) is 0.911. The number of hydrogen-bond acceptors (Lipinski definition) is 3. The first-order valence-electron chi connectivity index (χ1n) is 7.08. The minimum Gasteiger partial charge on any atom is -0.481 e. The number of carbonyl (C=O) groups excluding carboxylic acids is 2. The lowest BCUT2D eigenvalue weighted by molar-refractivity contribution is -0.141. The van der Waals surface area contributed by atoms with Crippen LogP contribution in [-0.2, 0) is 9.59 Å². The summed E-state index contributed by atoms with van der Waals surface area (Å²) in [6.07, 6.45) is 0.809. The Kier molecular flexibility index (Phi) is 5.53. The SMILES string of the molecule is CC(Oc1ccc(Cl)c(Cl)c1)C(=O)N1CCCC(C(N)=O)C1. The lowest BCUT2D eigenvalue weighted by atomic mass is 9.97. The summed E-state index contributed by atoms with van der Waals surface area (Å²) in [6.45, 7) is 2.62. The van der Waals surface area contributed by atoms with Gasteiger partial charge >= 0.3 is 0 Å². The Labute approximate surface area is 139 Å². The molecule has 2 rings (SSSR count). The molecule has 0 aliphatic carbocycles. The number of carbonyl (C=O) groups is 2. The standard InChI is InChI=1S/C15H18Cl2N2O3/c1-9(22-11-4-5-12(16)13(17)7-11)15(21)19-6-2-3-10(8-19)14(18)20/h4-5,7,9-10H,2-3,6,8H2,1H3,(H2,18,20). The number of ether oxygens (including phenoxy) is 1. The molecule has 120 valence electrons. The van der Waals surface area contributed by atoms with Crippen LogP contribution in [0.1, 0.15) is 19.8 Å². The Morgan fingerprint density at radius 2 is 2.09 bits per heavy atom. The highest BCUT2D eigenvalue weighted by molar-refractivity contribution is 6.42. The molecule has 2 amide bonds. The van der Waals surface area contributed by atoms with Crippen LogP contribution in [0.2, 0.25) is 10.0 Å². The average molecular weight is 345 g/mol. The fraction of sp³-hybridized carbons (Fsp3) is 0.467. The van der Waals surface area contributed by atoms with Gasteiger partial charge in [0, 0.05) is 19.2 Å². The molecule has 1 aromatic carbocycles. The topological polar surface area (TPSA) is 72.6 Å². The molecule has 2 N–H and O–H groups in total. The molecule has 0 bridgehead atoms. The number of likely N-dealkylation sites (tertiary alicyclic amines) is 1. The second kappa shape index (κ2) is 7.20. The van der Waals surface area contributed by atoms with E-state index in [4.69, 9.17) is 33.7 Å². The van der Waals surface area contributed by atoms with E-state index in [-0.39, 0.29) is 17.7 Å². The van der Waals surface area contributed by atoms with Gasteiger partial charge in [0.15, 0.2) is 6.10 Å². The largest absolute Gasteiger partial charge is 0.481 e. The average Bonchev–Trinajstić information content (AvgIpc) is 2.50. The highest BCUT2D eigenvalue weighted by Crippen LogP contribution is 2.27. The summed E-state index contributed by atoms with van der Waals surface area (Å²) in [6, 6.07) is 4.83. The highest BCUT2D eigenvalue weighted by Gasteiger charge is 2.30. The summed E-state index contributed by atoms with van der Waals surface area (Å²) < 4.78 is 5.61. The molecule has 1 aliphatic heterocycles. The number of piperidine rings is 1. The monoisotopic (exact) mass is 344 g/mol. The maximum absolute atomic E-state index is 12.4.